The summed E-state index contributed by atoms with van der Waals surface area (Å²) in [5, 5.41) is 2.78. The van der Waals surface area contributed by atoms with E-state index in [9.17, 15) is 9.59 Å². The molecule has 1 aliphatic rings. The van der Waals surface area contributed by atoms with E-state index in [-0.39, 0.29) is 24.8 Å². The van der Waals surface area contributed by atoms with E-state index >= 15 is 0 Å². The molecule has 2 aromatic rings. The number of nitrogens with one attached hydrogen (secondary N) is 1. The fourth-order valence-corrected chi connectivity index (χ4v) is 2.59. The number of amides is 2. The topological polar surface area (TPSA) is 49.4 Å². The van der Waals surface area contributed by atoms with Crippen LogP contribution in [0.15, 0.2) is 53.0 Å². The molecule has 0 radical (unpaired) electrons. The molecule has 1 N–H and O–H groups in total. The van der Waals surface area contributed by atoms with Crippen molar-refractivity contribution < 1.29 is 9.59 Å². The number of anilines is 2. The summed E-state index contributed by atoms with van der Waals surface area (Å²) in [4.78, 5) is 25.8. The lowest BCUT2D eigenvalue weighted by molar-refractivity contribution is -0.121. The van der Waals surface area contributed by atoms with Gasteiger partial charge in [0.1, 0.15) is 6.54 Å². The van der Waals surface area contributed by atoms with Crippen molar-refractivity contribution in [3.05, 3.63) is 58.6 Å². The second-order valence-corrected chi connectivity index (χ2v) is 5.76. The minimum Gasteiger partial charge on any atom is -0.323 e. The molecule has 1 aliphatic heterocycles. The number of rotatable bonds is 2. The Hall–Kier alpha value is -2.14. The van der Waals surface area contributed by atoms with Crippen molar-refractivity contribution in [2.75, 3.05) is 16.8 Å². The minimum atomic E-state index is -0.169. The Labute approximate surface area is 130 Å². The van der Waals surface area contributed by atoms with E-state index in [1.165, 1.54) is 4.90 Å². The molecule has 0 saturated heterocycles. The SMILES string of the molecule is O=C1CN(C(=O)Cc2ccc(Br)cc2)c2ccccc2N1. The third kappa shape index (κ3) is 2.97. The van der Waals surface area contributed by atoms with Crippen molar-refractivity contribution in [3.8, 4) is 0 Å². The molecule has 0 aromatic heterocycles. The first-order chi connectivity index (χ1) is 10.1. The molecule has 3 rings (SSSR count). The molecule has 0 atom stereocenters. The lowest BCUT2D eigenvalue weighted by Crippen LogP contribution is -2.42. The molecule has 2 aromatic carbocycles. The average Bonchev–Trinajstić information content (AvgIpc) is 2.48. The van der Waals surface area contributed by atoms with Crippen LogP contribution in [0.1, 0.15) is 5.56 Å². The number of benzene rings is 2. The zero-order valence-corrected chi connectivity index (χ0v) is 12.8. The van der Waals surface area contributed by atoms with Crippen LogP contribution in [-0.2, 0) is 16.0 Å². The second kappa shape index (κ2) is 5.69. The van der Waals surface area contributed by atoms with E-state index in [4.69, 9.17) is 0 Å². The van der Waals surface area contributed by atoms with Crippen LogP contribution in [0.5, 0.6) is 0 Å². The van der Waals surface area contributed by atoms with Crippen LogP contribution >= 0.6 is 15.9 Å². The first-order valence-electron chi connectivity index (χ1n) is 6.57. The summed E-state index contributed by atoms with van der Waals surface area (Å²) in [6.45, 7) is 0.0619. The van der Waals surface area contributed by atoms with Gasteiger partial charge in [0.25, 0.3) is 0 Å². The minimum absolute atomic E-state index is 0.0619. The van der Waals surface area contributed by atoms with E-state index in [0.717, 1.165) is 15.7 Å². The highest BCUT2D eigenvalue weighted by molar-refractivity contribution is 9.10. The van der Waals surface area contributed by atoms with E-state index in [1.807, 2.05) is 42.5 Å². The molecule has 1 heterocycles. The number of para-hydroxylation sites is 2. The summed E-state index contributed by atoms with van der Waals surface area (Å²) in [5.41, 5.74) is 2.35. The van der Waals surface area contributed by atoms with Gasteiger partial charge in [0.2, 0.25) is 11.8 Å². The predicted octanol–water partition coefficient (Wildman–Crippen LogP) is 2.98. The molecule has 0 saturated carbocycles. The standard InChI is InChI=1S/C16H13BrN2O2/c17-12-7-5-11(6-8-12)9-16(21)19-10-15(20)18-13-3-1-2-4-14(13)19/h1-8H,9-10H2,(H,18,20). The first kappa shape index (κ1) is 13.8. The van der Waals surface area contributed by atoms with E-state index < -0.39 is 0 Å². The highest BCUT2D eigenvalue weighted by Gasteiger charge is 2.26. The fraction of sp³-hybridized carbons (Fsp3) is 0.125. The van der Waals surface area contributed by atoms with Gasteiger partial charge < -0.3 is 10.2 Å². The molecule has 0 spiro atoms. The highest BCUT2D eigenvalue weighted by atomic mass is 79.9. The Bertz CT molecular complexity index is 698. The van der Waals surface area contributed by atoms with E-state index in [2.05, 4.69) is 21.2 Å². The molecule has 0 aliphatic carbocycles. The molecular weight excluding hydrogens is 332 g/mol. The number of halogens is 1. The maximum absolute atomic E-state index is 12.5. The monoisotopic (exact) mass is 344 g/mol. The van der Waals surface area contributed by atoms with Gasteiger partial charge in [0.05, 0.1) is 17.8 Å². The van der Waals surface area contributed by atoms with Gasteiger partial charge >= 0.3 is 0 Å². The van der Waals surface area contributed by atoms with Crippen LogP contribution in [0.4, 0.5) is 11.4 Å². The second-order valence-electron chi connectivity index (χ2n) is 4.85. The predicted molar refractivity (Wildman–Crippen MR) is 85.3 cm³/mol. The zero-order chi connectivity index (χ0) is 14.8. The summed E-state index contributed by atoms with van der Waals surface area (Å²) in [7, 11) is 0. The molecular formula is C16H13BrN2O2. The van der Waals surface area contributed by atoms with Crippen LogP contribution in [0, 0.1) is 0 Å². The summed E-state index contributed by atoms with van der Waals surface area (Å²) in [5.74, 6) is -0.252. The van der Waals surface area contributed by atoms with Crippen LogP contribution in [0.3, 0.4) is 0 Å². The van der Waals surface area contributed by atoms with Gasteiger partial charge in [0, 0.05) is 4.47 Å². The number of carbonyl (C=O) groups is 2. The quantitative estimate of drug-likeness (QED) is 0.910. The van der Waals surface area contributed by atoms with Gasteiger partial charge in [-0.2, -0.15) is 0 Å². The van der Waals surface area contributed by atoms with Crippen LogP contribution < -0.4 is 10.2 Å². The van der Waals surface area contributed by atoms with Crippen molar-refractivity contribution in [1.82, 2.24) is 0 Å². The Morgan fingerprint density at radius 2 is 1.86 bits per heavy atom. The van der Waals surface area contributed by atoms with Crippen molar-refractivity contribution in [3.63, 3.8) is 0 Å². The molecule has 0 unspecified atom stereocenters. The van der Waals surface area contributed by atoms with E-state index in [0.29, 0.717) is 5.69 Å². The van der Waals surface area contributed by atoms with Crippen molar-refractivity contribution in [2.24, 2.45) is 0 Å². The van der Waals surface area contributed by atoms with Gasteiger partial charge in [-0.15, -0.1) is 0 Å². The third-order valence-corrected chi connectivity index (χ3v) is 3.87. The normalized spacial score (nSPS) is 13.6. The Balaban J connectivity index is 1.84. The molecule has 0 bridgehead atoms. The first-order valence-corrected chi connectivity index (χ1v) is 7.36. The highest BCUT2D eigenvalue weighted by Crippen LogP contribution is 2.29. The zero-order valence-electron chi connectivity index (χ0n) is 11.2. The van der Waals surface area contributed by atoms with Crippen LogP contribution in [0.2, 0.25) is 0 Å². The molecule has 21 heavy (non-hydrogen) atoms. The van der Waals surface area contributed by atoms with Crippen molar-refractivity contribution in [2.45, 2.75) is 6.42 Å². The van der Waals surface area contributed by atoms with Crippen LogP contribution in [-0.4, -0.2) is 18.4 Å². The average molecular weight is 345 g/mol. The number of carbonyl (C=O) groups excluding carboxylic acids is 2. The van der Waals surface area contributed by atoms with Gasteiger partial charge in [-0.05, 0) is 29.8 Å². The van der Waals surface area contributed by atoms with Gasteiger partial charge in [0.15, 0.2) is 0 Å². The third-order valence-electron chi connectivity index (χ3n) is 3.34. The fourth-order valence-electron chi connectivity index (χ4n) is 2.33. The lowest BCUT2D eigenvalue weighted by atomic mass is 10.1. The summed E-state index contributed by atoms with van der Waals surface area (Å²) in [6.07, 6.45) is 0.273. The van der Waals surface area contributed by atoms with Crippen molar-refractivity contribution in [1.29, 1.82) is 0 Å². The molecule has 5 heteroatoms. The number of nitrogens with zero attached hydrogens (tertiary/aromatic N) is 1. The van der Waals surface area contributed by atoms with Gasteiger partial charge in [-0.3, -0.25) is 9.59 Å². The number of hydrogen-bond acceptors (Lipinski definition) is 2. The van der Waals surface area contributed by atoms with Crippen LogP contribution in [0.25, 0.3) is 0 Å². The Kier molecular flexibility index (Phi) is 3.75. The maximum Gasteiger partial charge on any atom is 0.244 e. The van der Waals surface area contributed by atoms with Crippen molar-refractivity contribution >= 4 is 39.1 Å². The Morgan fingerprint density at radius 3 is 2.62 bits per heavy atom. The lowest BCUT2D eigenvalue weighted by Gasteiger charge is -2.29. The smallest absolute Gasteiger partial charge is 0.244 e. The summed E-state index contributed by atoms with van der Waals surface area (Å²) < 4.78 is 0.974. The van der Waals surface area contributed by atoms with Gasteiger partial charge in [-0.25, -0.2) is 0 Å². The maximum atomic E-state index is 12.5. The largest absolute Gasteiger partial charge is 0.323 e. The van der Waals surface area contributed by atoms with Gasteiger partial charge in [-0.1, -0.05) is 40.2 Å². The van der Waals surface area contributed by atoms with E-state index in [1.54, 1.807) is 6.07 Å². The Morgan fingerprint density at radius 1 is 1.14 bits per heavy atom. The molecule has 2 amide bonds. The molecule has 106 valence electrons. The molecule has 4 nitrogen and oxygen atoms in total. The summed E-state index contributed by atoms with van der Waals surface area (Å²) >= 11 is 3.37. The summed E-state index contributed by atoms with van der Waals surface area (Å²) in [6, 6.07) is 14.9. The molecule has 0 fully saturated rings. The number of hydrogen-bond donors (Lipinski definition) is 1. The number of fused-ring (bicyclic) bond motifs is 1.